The number of thioether (sulfide) groups is 1. The number of hydrogen-bond donors (Lipinski definition) is 0. The maximum atomic E-state index is 12.3. The van der Waals surface area contributed by atoms with Gasteiger partial charge in [-0.25, -0.2) is 0 Å². The third kappa shape index (κ3) is 5.57. The minimum absolute atomic E-state index is 0.0832. The van der Waals surface area contributed by atoms with Crippen molar-refractivity contribution < 1.29 is 19.0 Å². The Bertz CT molecular complexity index is 486. The molecule has 1 aromatic carbocycles. The zero-order chi connectivity index (χ0) is 16.8. The molecule has 0 saturated carbocycles. The van der Waals surface area contributed by atoms with Crippen LogP contribution in [-0.2, 0) is 0 Å². The van der Waals surface area contributed by atoms with Gasteiger partial charge in [0.05, 0.1) is 27.1 Å². The molecule has 22 heavy (non-hydrogen) atoms. The Morgan fingerprint density at radius 2 is 1.59 bits per heavy atom. The minimum Gasteiger partial charge on any atom is -0.493 e. The van der Waals surface area contributed by atoms with Crippen molar-refractivity contribution in [3.8, 4) is 17.2 Å². The highest BCUT2D eigenvalue weighted by Crippen LogP contribution is 2.38. The largest absolute Gasteiger partial charge is 0.493 e. The van der Waals surface area contributed by atoms with Crippen LogP contribution in [0.5, 0.6) is 17.2 Å². The number of methoxy groups -OCH3 is 3. The molecule has 0 saturated heterocycles. The highest BCUT2D eigenvalue weighted by molar-refractivity contribution is 8.00. The summed E-state index contributed by atoms with van der Waals surface area (Å²) in [7, 11) is 3.61. The van der Waals surface area contributed by atoms with Crippen molar-refractivity contribution in [2.24, 2.45) is 0 Å². The van der Waals surface area contributed by atoms with Crippen molar-refractivity contribution >= 4 is 25.6 Å². The monoisotopic (exact) mass is 342 g/mol. The number of ketones is 1. The van der Waals surface area contributed by atoms with Crippen LogP contribution in [0.15, 0.2) is 12.1 Å². The van der Waals surface area contributed by atoms with E-state index in [1.54, 1.807) is 45.2 Å². The summed E-state index contributed by atoms with van der Waals surface area (Å²) in [6.07, 6.45) is 0. The van der Waals surface area contributed by atoms with Crippen molar-refractivity contribution in [1.82, 2.24) is 0 Å². The average molecular weight is 343 g/mol. The fourth-order valence-electron chi connectivity index (χ4n) is 1.87. The Morgan fingerprint density at radius 3 is 2.00 bits per heavy atom. The van der Waals surface area contributed by atoms with Gasteiger partial charge in [0.2, 0.25) is 5.75 Å². The van der Waals surface area contributed by atoms with Gasteiger partial charge in [0, 0.05) is 13.6 Å². The fourth-order valence-corrected chi connectivity index (χ4v) is 5.39. The molecule has 0 unspecified atom stereocenters. The maximum Gasteiger partial charge on any atom is 0.203 e. The molecular weight excluding hydrogens is 316 g/mol. The molecule has 0 N–H and O–H groups in total. The lowest BCUT2D eigenvalue weighted by Gasteiger charge is -2.15. The van der Waals surface area contributed by atoms with Gasteiger partial charge in [-0.3, -0.25) is 4.79 Å². The van der Waals surface area contributed by atoms with E-state index in [9.17, 15) is 4.79 Å². The summed E-state index contributed by atoms with van der Waals surface area (Å²) in [5, 5.41) is 0. The molecule has 0 aliphatic heterocycles. The smallest absolute Gasteiger partial charge is 0.203 e. The topological polar surface area (TPSA) is 44.8 Å². The highest BCUT2D eigenvalue weighted by atomic mass is 32.2. The SMILES string of the molecule is COc1cc(C(=O)CSCC[Si](C)(C)C)cc(OC)c1OC. The van der Waals surface area contributed by atoms with Gasteiger partial charge in [-0.15, -0.1) is 0 Å². The molecule has 0 spiro atoms. The van der Waals surface area contributed by atoms with E-state index in [0.29, 0.717) is 28.6 Å². The Balaban J connectivity index is 2.77. The van der Waals surface area contributed by atoms with E-state index < -0.39 is 8.07 Å². The first-order valence-electron chi connectivity index (χ1n) is 7.23. The summed E-state index contributed by atoms with van der Waals surface area (Å²) in [5.41, 5.74) is 0.593. The third-order valence-corrected chi connectivity index (χ3v) is 6.29. The summed E-state index contributed by atoms with van der Waals surface area (Å²) in [6, 6.07) is 4.64. The van der Waals surface area contributed by atoms with Crippen LogP contribution in [0.3, 0.4) is 0 Å². The van der Waals surface area contributed by atoms with Gasteiger partial charge in [0.25, 0.3) is 0 Å². The van der Waals surface area contributed by atoms with Crippen LogP contribution in [0.25, 0.3) is 0 Å². The molecule has 1 rings (SSSR count). The zero-order valence-electron chi connectivity index (χ0n) is 14.3. The van der Waals surface area contributed by atoms with Crippen LogP contribution in [0, 0.1) is 0 Å². The number of benzene rings is 1. The molecule has 0 heterocycles. The molecule has 0 bridgehead atoms. The van der Waals surface area contributed by atoms with Crippen LogP contribution in [-0.4, -0.2) is 46.7 Å². The van der Waals surface area contributed by atoms with Crippen LogP contribution in [0.1, 0.15) is 10.4 Å². The first-order chi connectivity index (χ1) is 10.3. The average Bonchev–Trinajstić information content (AvgIpc) is 2.48. The van der Waals surface area contributed by atoms with Crippen molar-refractivity contribution in [3.63, 3.8) is 0 Å². The van der Waals surface area contributed by atoms with Gasteiger partial charge in [-0.1, -0.05) is 19.6 Å². The summed E-state index contributed by atoms with van der Waals surface area (Å²) in [4.78, 5) is 12.3. The summed E-state index contributed by atoms with van der Waals surface area (Å²) < 4.78 is 15.8. The van der Waals surface area contributed by atoms with Gasteiger partial charge < -0.3 is 14.2 Å². The van der Waals surface area contributed by atoms with Gasteiger partial charge in [0.15, 0.2) is 17.3 Å². The maximum absolute atomic E-state index is 12.3. The van der Waals surface area contributed by atoms with Gasteiger partial charge in [0.1, 0.15) is 0 Å². The normalized spacial score (nSPS) is 11.2. The van der Waals surface area contributed by atoms with Crippen LogP contribution < -0.4 is 14.2 Å². The van der Waals surface area contributed by atoms with E-state index in [1.165, 1.54) is 6.04 Å². The second kappa shape index (κ2) is 8.48. The number of ether oxygens (including phenoxy) is 3. The number of carbonyl (C=O) groups is 1. The second-order valence-electron chi connectivity index (χ2n) is 6.20. The van der Waals surface area contributed by atoms with Crippen molar-refractivity contribution in [2.75, 3.05) is 32.8 Å². The molecule has 0 radical (unpaired) electrons. The van der Waals surface area contributed by atoms with Gasteiger partial charge in [-0.2, -0.15) is 11.8 Å². The Hall–Kier alpha value is -1.14. The van der Waals surface area contributed by atoms with E-state index in [4.69, 9.17) is 14.2 Å². The molecule has 0 amide bonds. The van der Waals surface area contributed by atoms with Crippen molar-refractivity contribution in [2.45, 2.75) is 25.7 Å². The predicted molar refractivity (Wildman–Crippen MR) is 95.9 cm³/mol. The lowest BCUT2D eigenvalue weighted by molar-refractivity contribution is 0.102. The Morgan fingerprint density at radius 1 is 1.05 bits per heavy atom. The van der Waals surface area contributed by atoms with E-state index in [1.807, 2.05) is 0 Å². The quantitative estimate of drug-likeness (QED) is 0.386. The molecule has 1 aromatic rings. The van der Waals surface area contributed by atoms with E-state index >= 15 is 0 Å². The lowest BCUT2D eigenvalue weighted by atomic mass is 10.1. The first kappa shape index (κ1) is 18.9. The molecule has 0 aliphatic carbocycles. The fraction of sp³-hybridized carbons (Fsp3) is 0.562. The molecule has 0 aromatic heterocycles. The number of Topliss-reactive ketones (excluding diaryl/α,β-unsaturated/α-hetero) is 1. The zero-order valence-corrected chi connectivity index (χ0v) is 16.1. The molecule has 4 nitrogen and oxygen atoms in total. The van der Waals surface area contributed by atoms with Crippen molar-refractivity contribution in [3.05, 3.63) is 17.7 Å². The molecule has 0 aliphatic rings. The third-order valence-electron chi connectivity index (χ3n) is 3.22. The molecule has 0 atom stereocenters. The molecule has 6 heteroatoms. The van der Waals surface area contributed by atoms with Crippen molar-refractivity contribution in [1.29, 1.82) is 0 Å². The Kier molecular flexibility index (Phi) is 7.29. The highest BCUT2D eigenvalue weighted by Gasteiger charge is 2.17. The molecule has 0 fully saturated rings. The Labute approximate surface area is 138 Å². The number of hydrogen-bond acceptors (Lipinski definition) is 5. The minimum atomic E-state index is -1.04. The van der Waals surface area contributed by atoms with E-state index in [-0.39, 0.29) is 5.78 Å². The van der Waals surface area contributed by atoms with Crippen LogP contribution in [0.4, 0.5) is 0 Å². The van der Waals surface area contributed by atoms with Gasteiger partial charge in [-0.05, 0) is 23.9 Å². The first-order valence-corrected chi connectivity index (χ1v) is 12.1. The number of rotatable bonds is 9. The summed E-state index contributed by atoms with van der Waals surface area (Å²) in [6.45, 7) is 7.03. The van der Waals surface area contributed by atoms with E-state index in [2.05, 4.69) is 19.6 Å². The van der Waals surface area contributed by atoms with Crippen LogP contribution in [0.2, 0.25) is 25.7 Å². The second-order valence-corrected chi connectivity index (χ2v) is 12.9. The van der Waals surface area contributed by atoms with E-state index in [0.717, 1.165) is 5.75 Å². The van der Waals surface area contributed by atoms with Crippen LogP contribution >= 0.6 is 11.8 Å². The standard InChI is InChI=1S/C16H26O4SSi/c1-18-14-9-12(10-15(19-2)16(14)20-3)13(17)11-21-7-8-22(4,5)6/h9-10H,7-8,11H2,1-6H3. The molecular formula is C16H26O4SSi. The number of carbonyl (C=O) groups excluding carboxylic acids is 1. The predicted octanol–water partition coefficient (Wildman–Crippen LogP) is 3.97. The lowest BCUT2D eigenvalue weighted by Crippen LogP contribution is -2.20. The van der Waals surface area contributed by atoms with Gasteiger partial charge >= 0.3 is 0 Å². The molecule has 124 valence electrons. The summed E-state index contributed by atoms with van der Waals surface area (Å²) in [5.74, 6) is 3.12. The summed E-state index contributed by atoms with van der Waals surface area (Å²) >= 11 is 1.69.